The zero-order chi connectivity index (χ0) is 18.5. The number of hydrogen-bond donors (Lipinski definition) is 1. The predicted molar refractivity (Wildman–Crippen MR) is 105 cm³/mol. The molecule has 0 bridgehead atoms. The van der Waals surface area contributed by atoms with Gasteiger partial charge in [-0.1, -0.05) is 24.3 Å². The summed E-state index contributed by atoms with van der Waals surface area (Å²) < 4.78 is 17.3. The Hall–Kier alpha value is -2.18. The first kappa shape index (κ1) is 18.2. The molecule has 0 saturated carbocycles. The molecule has 2 aliphatic rings. The molecule has 6 heteroatoms. The molecule has 27 heavy (non-hydrogen) atoms. The Morgan fingerprint density at radius 3 is 2.74 bits per heavy atom. The van der Waals surface area contributed by atoms with Gasteiger partial charge in [-0.2, -0.15) is 0 Å². The Morgan fingerprint density at radius 2 is 1.89 bits per heavy atom. The topological polar surface area (TPSA) is 56.8 Å². The summed E-state index contributed by atoms with van der Waals surface area (Å²) in [6, 6.07) is 15.3. The van der Waals surface area contributed by atoms with Gasteiger partial charge in [0.05, 0.1) is 18.2 Å². The third-order valence-corrected chi connectivity index (χ3v) is 5.84. The number of para-hydroxylation sites is 2. The summed E-state index contributed by atoms with van der Waals surface area (Å²) in [7, 11) is 0. The molecular formula is C21H23NO4S. The molecule has 1 saturated heterocycles. The highest BCUT2D eigenvalue weighted by atomic mass is 32.2. The fourth-order valence-corrected chi connectivity index (χ4v) is 4.32. The minimum absolute atomic E-state index is 0.0899. The lowest BCUT2D eigenvalue weighted by Gasteiger charge is -2.26. The van der Waals surface area contributed by atoms with Crippen LogP contribution in [0.1, 0.15) is 23.2 Å². The van der Waals surface area contributed by atoms with Crippen LogP contribution in [0.5, 0.6) is 11.5 Å². The van der Waals surface area contributed by atoms with E-state index in [4.69, 9.17) is 14.2 Å². The zero-order valence-electron chi connectivity index (χ0n) is 15.1. The maximum absolute atomic E-state index is 12.7. The van der Waals surface area contributed by atoms with E-state index in [1.165, 1.54) is 0 Å². The normalized spacial score (nSPS) is 21.0. The van der Waals surface area contributed by atoms with E-state index in [0.717, 1.165) is 41.6 Å². The van der Waals surface area contributed by atoms with E-state index in [1.54, 1.807) is 11.8 Å². The van der Waals surface area contributed by atoms with Crippen LogP contribution in [0.2, 0.25) is 0 Å². The molecule has 142 valence electrons. The number of nitrogens with one attached hydrogen (secondary N) is 1. The first-order chi connectivity index (χ1) is 13.3. The molecule has 2 aromatic carbocycles. The lowest BCUT2D eigenvalue weighted by Crippen LogP contribution is -2.40. The second-order valence-corrected chi connectivity index (χ2v) is 7.71. The molecule has 0 aromatic heterocycles. The minimum Gasteiger partial charge on any atom is -0.486 e. The van der Waals surface area contributed by atoms with Crippen molar-refractivity contribution in [2.24, 2.45) is 0 Å². The molecule has 4 rings (SSSR count). The summed E-state index contributed by atoms with van der Waals surface area (Å²) in [5.41, 5.74) is 0.692. The van der Waals surface area contributed by atoms with E-state index in [2.05, 4.69) is 5.32 Å². The van der Waals surface area contributed by atoms with Crippen molar-refractivity contribution in [1.82, 2.24) is 5.32 Å². The maximum atomic E-state index is 12.7. The number of ether oxygens (including phenoxy) is 3. The van der Waals surface area contributed by atoms with Gasteiger partial charge in [0.1, 0.15) is 12.7 Å². The van der Waals surface area contributed by atoms with Crippen LogP contribution in [0.4, 0.5) is 0 Å². The average Bonchev–Trinajstić information content (AvgIpc) is 3.24. The molecular weight excluding hydrogens is 362 g/mol. The second-order valence-electron chi connectivity index (χ2n) is 6.65. The van der Waals surface area contributed by atoms with E-state index < -0.39 is 0 Å². The summed E-state index contributed by atoms with van der Waals surface area (Å²) >= 11 is 1.68. The predicted octanol–water partition coefficient (Wildman–Crippen LogP) is 3.53. The molecule has 2 heterocycles. The third kappa shape index (κ3) is 4.57. The number of thioether (sulfide) groups is 1. The van der Waals surface area contributed by atoms with Gasteiger partial charge in [0.15, 0.2) is 11.5 Å². The zero-order valence-corrected chi connectivity index (χ0v) is 15.9. The van der Waals surface area contributed by atoms with Gasteiger partial charge < -0.3 is 19.5 Å². The molecule has 0 aliphatic carbocycles. The first-order valence-corrected chi connectivity index (χ1v) is 10.3. The highest BCUT2D eigenvalue weighted by Crippen LogP contribution is 2.31. The average molecular weight is 385 g/mol. The van der Waals surface area contributed by atoms with Crippen molar-refractivity contribution in [3.8, 4) is 11.5 Å². The van der Waals surface area contributed by atoms with Crippen molar-refractivity contribution < 1.29 is 19.0 Å². The van der Waals surface area contributed by atoms with E-state index >= 15 is 0 Å². The maximum Gasteiger partial charge on any atom is 0.252 e. The van der Waals surface area contributed by atoms with E-state index in [1.807, 2.05) is 48.5 Å². The van der Waals surface area contributed by atoms with Crippen LogP contribution in [0.15, 0.2) is 53.4 Å². The highest BCUT2D eigenvalue weighted by molar-refractivity contribution is 7.99. The number of carbonyl (C=O) groups is 1. The fraction of sp³-hybridized carbons (Fsp3) is 0.381. The van der Waals surface area contributed by atoms with Gasteiger partial charge in [-0.25, -0.2) is 0 Å². The van der Waals surface area contributed by atoms with Crippen molar-refractivity contribution in [2.75, 3.05) is 25.5 Å². The molecule has 0 radical (unpaired) electrons. The Labute approximate surface area is 163 Å². The summed E-state index contributed by atoms with van der Waals surface area (Å²) in [5.74, 6) is 2.25. The van der Waals surface area contributed by atoms with Crippen molar-refractivity contribution in [3.63, 3.8) is 0 Å². The summed E-state index contributed by atoms with van der Waals surface area (Å²) in [6.45, 7) is 1.67. The van der Waals surface area contributed by atoms with Gasteiger partial charge in [0.25, 0.3) is 5.91 Å². The molecule has 1 N–H and O–H groups in total. The Bertz CT molecular complexity index is 791. The van der Waals surface area contributed by atoms with Gasteiger partial charge in [-0.05, 0) is 37.1 Å². The third-order valence-electron chi connectivity index (χ3n) is 4.64. The van der Waals surface area contributed by atoms with Gasteiger partial charge in [-0.15, -0.1) is 11.8 Å². The van der Waals surface area contributed by atoms with Gasteiger partial charge in [0, 0.05) is 17.3 Å². The van der Waals surface area contributed by atoms with Crippen molar-refractivity contribution in [2.45, 2.75) is 29.9 Å². The van der Waals surface area contributed by atoms with Crippen LogP contribution in [0.3, 0.4) is 0 Å². The summed E-state index contributed by atoms with van der Waals surface area (Å²) in [5, 5.41) is 2.98. The van der Waals surface area contributed by atoms with E-state index in [-0.39, 0.29) is 12.0 Å². The van der Waals surface area contributed by atoms with Gasteiger partial charge in [0.2, 0.25) is 0 Å². The van der Waals surface area contributed by atoms with Crippen molar-refractivity contribution >= 4 is 17.7 Å². The number of hydrogen-bond acceptors (Lipinski definition) is 5. The van der Waals surface area contributed by atoms with Crippen LogP contribution >= 0.6 is 11.8 Å². The standard InChI is InChI=1S/C21H23NO4S/c23-21(22-12-16-13-25-18-8-2-3-9-19(18)26-16)17-7-1-4-10-20(17)27-14-15-6-5-11-24-15/h1-4,7-10,15-16H,5-6,11-14H2,(H,22,23). The molecule has 2 atom stereocenters. The smallest absolute Gasteiger partial charge is 0.252 e. The fourth-order valence-electron chi connectivity index (χ4n) is 3.20. The SMILES string of the molecule is O=C(NCC1COc2ccccc2O1)c1ccccc1SCC1CCCO1. The largest absolute Gasteiger partial charge is 0.486 e. The minimum atomic E-state index is -0.199. The van der Waals surface area contributed by atoms with Crippen LogP contribution in [-0.4, -0.2) is 43.6 Å². The molecule has 5 nitrogen and oxygen atoms in total. The van der Waals surface area contributed by atoms with Crippen molar-refractivity contribution in [3.05, 3.63) is 54.1 Å². The second kappa shape index (κ2) is 8.67. The Morgan fingerprint density at radius 1 is 1.07 bits per heavy atom. The lowest BCUT2D eigenvalue weighted by atomic mass is 10.2. The summed E-state index contributed by atoms with van der Waals surface area (Å²) in [6.07, 6.45) is 2.32. The molecule has 1 amide bonds. The molecule has 2 aromatic rings. The van der Waals surface area contributed by atoms with Crippen LogP contribution < -0.4 is 14.8 Å². The number of carbonyl (C=O) groups excluding carboxylic acids is 1. The lowest BCUT2D eigenvalue weighted by molar-refractivity contribution is 0.0787. The van der Waals surface area contributed by atoms with Gasteiger partial charge >= 0.3 is 0 Å². The molecule has 2 unspecified atom stereocenters. The molecule has 1 fully saturated rings. The molecule has 0 spiro atoms. The number of amides is 1. The van der Waals surface area contributed by atoms with E-state index in [9.17, 15) is 4.79 Å². The number of rotatable bonds is 6. The quantitative estimate of drug-likeness (QED) is 0.771. The van der Waals surface area contributed by atoms with Crippen LogP contribution in [-0.2, 0) is 4.74 Å². The summed E-state index contributed by atoms with van der Waals surface area (Å²) in [4.78, 5) is 13.7. The van der Waals surface area contributed by atoms with E-state index in [0.29, 0.717) is 24.8 Å². The highest BCUT2D eigenvalue weighted by Gasteiger charge is 2.22. The van der Waals surface area contributed by atoms with Crippen LogP contribution in [0, 0.1) is 0 Å². The van der Waals surface area contributed by atoms with Crippen molar-refractivity contribution in [1.29, 1.82) is 0 Å². The number of benzene rings is 2. The monoisotopic (exact) mass is 385 g/mol. The molecule has 2 aliphatic heterocycles. The Kier molecular flexibility index (Phi) is 5.84. The van der Waals surface area contributed by atoms with Crippen LogP contribution in [0.25, 0.3) is 0 Å². The first-order valence-electron chi connectivity index (χ1n) is 9.30. The number of fused-ring (bicyclic) bond motifs is 1. The van der Waals surface area contributed by atoms with Gasteiger partial charge in [-0.3, -0.25) is 4.79 Å². The Balaban J connectivity index is 1.33.